The average molecular weight is 313 g/mol. The highest BCUT2D eigenvalue weighted by Crippen LogP contribution is 2.19. The van der Waals surface area contributed by atoms with Gasteiger partial charge in [-0.25, -0.2) is 0 Å². The molecule has 0 saturated heterocycles. The number of phenolic OH excluding ortho intramolecular Hbond substituents is 1. The summed E-state index contributed by atoms with van der Waals surface area (Å²) in [7, 11) is 0. The molecule has 2 aromatic carbocycles. The maximum Gasteiger partial charge on any atom is 0.251 e. The van der Waals surface area contributed by atoms with E-state index in [4.69, 9.17) is 4.74 Å². The van der Waals surface area contributed by atoms with Crippen molar-refractivity contribution in [2.45, 2.75) is 19.8 Å². The highest BCUT2D eigenvalue weighted by atomic mass is 16.5. The van der Waals surface area contributed by atoms with Crippen molar-refractivity contribution in [3.8, 4) is 5.75 Å². The minimum atomic E-state index is -0.164. The van der Waals surface area contributed by atoms with E-state index in [0.29, 0.717) is 30.9 Å². The van der Waals surface area contributed by atoms with Crippen molar-refractivity contribution in [1.29, 1.82) is 0 Å². The Kier molecular flexibility index (Phi) is 6.63. The van der Waals surface area contributed by atoms with Gasteiger partial charge in [-0.15, -0.1) is 0 Å². The van der Waals surface area contributed by atoms with E-state index in [1.165, 1.54) is 5.56 Å². The summed E-state index contributed by atoms with van der Waals surface area (Å²) in [6, 6.07) is 15.2. The lowest BCUT2D eigenvalue weighted by atomic mass is 10.1. The molecule has 0 aliphatic heterocycles. The van der Waals surface area contributed by atoms with Crippen LogP contribution in [0, 0.1) is 6.92 Å². The normalized spacial score (nSPS) is 10.5. The molecule has 0 unspecified atom stereocenters. The van der Waals surface area contributed by atoms with E-state index in [1.807, 2.05) is 18.2 Å². The van der Waals surface area contributed by atoms with Gasteiger partial charge in [-0.05, 0) is 37.5 Å². The van der Waals surface area contributed by atoms with Crippen molar-refractivity contribution in [2.24, 2.45) is 0 Å². The summed E-state index contributed by atoms with van der Waals surface area (Å²) in [5, 5.41) is 12.5. The fourth-order valence-corrected chi connectivity index (χ4v) is 2.28. The number of aromatic hydroxyl groups is 1. The summed E-state index contributed by atoms with van der Waals surface area (Å²) in [5.41, 5.74) is 2.37. The number of hydrogen-bond donors (Lipinski definition) is 2. The van der Waals surface area contributed by atoms with Crippen LogP contribution >= 0.6 is 0 Å². The molecule has 0 bridgehead atoms. The van der Waals surface area contributed by atoms with Crippen LogP contribution in [-0.4, -0.2) is 30.8 Å². The maximum atomic E-state index is 12.0. The molecule has 0 saturated carbocycles. The van der Waals surface area contributed by atoms with Crippen molar-refractivity contribution in [3.05, 3.63) is 65.2 Å². The summed E-state index contributed by atoms with van der Waals surface area (Å²) in [6.45, 7) is 3.59. The Bertz CT molecular complexity index is 626. The van der Waals surface area contributed by atoms with Gasteiger partial charge in [-0.1, -0.05) is 36.4 Å². The molecule has 1 amide bonds. The van der Waals surface area contributed by atoms with Crippen molar-refractivity contribution in [1.82, 2.24) is 5.32 Å². The molecule has 122 valence electrons. The van der Waals surface area contributed by atoms with Gasteiger partial charge < -0.3 is 15.2 Å². The fraction of sp³-hybridized carbons (Fsp3) is 0.316. The molecule has 23 heavy (non-hydrogen) atoms. The minimum absolute atomic E-state index is 0.141. The van der Waals surface area contributed by atoms with Gasteiger partial charge in [0.1, 0.15) is 5.75 Å². The third-order valence-corrected chi connectivity index (χ3v) is 3.68. The van der Waals surface area contributed by atoms with Gasteiger partial charge in [0.05, 0.1) is 6.61 Å². The van der Waals surface area contributed by atoms with Crippen molar-refractivity contribution >= 4 is 5.91 Å². The van der Waals surface area contributed by atoms with E-state index in [1.54, 1.807) is 25.1 Å². The summed E-state index contributed by atoms with van der Waals surface area (Å²) in [4.78, 5) is 12.0. The summed E-state index contributed by atoms with van der Waals surface area (Å²) < 4.78 is 5.58. The van der Waals surface area contributed by atoms with E-state index >= 15 is 0 Å². The molecule has 2 aromatic rings. The van der Waals surface area contributed by atoms with Gasteiger partial charge in [0.15, 0.2) is 0 Å². The smallest absolute Gasteiger partial charge is 0.251 e. The van der Waals surface area contributed by atoms with Gasteiger partial charge in [0.2, 0.25) is 0 Å². The van der Waals surface area contributed by atoms with Crippen LogP contribution in [0.3, 0.4) is 0 Å². The Morgan fingerprint density at radius 2 is 1.87 bits per heavy atom. The van der Waals surface area contributed by atoms with E-state index in [2.05, 4.69) is 17.4 Å². The molecule has 2 N–H and O–H groups in total. The van der Waals surface area contributed by atoms with Gasteiger partial charge >= 0.3 is 0 Å². The molecule has 2 rings (SSSR count). The zero-order valence-corrected chi connectivity index (χ0v) is 13.4. The van der Waals surface area contributed by atoms with Crippen LogP contribution in [-0.2, 0) is 11.2 Å². The number of hydrogen-bond acceptors (Lipinski definition) is 3. The molecule has 4 heteroatoms. The first-order valence-electron chi connectivity index (χ1n) is 7.87. The van der Waals surface area contributed by atoms with Crippen molar-refractivity contribution in [2.75, 3.05) is 19.8 Å². The van der Waals surface area contributed by atoms with Gasteiger partial charge in [-0.2, -0.15) is 0 Å². The first kappa shape index (κ1) is 17.0. The van der Waals surface area contributed by atoms with Gasteiger partial charge in [0, 0.05) is 24.3 Å². The van der Waals surface area contributed by atoms with Crippen LogP contribution in [0.1, 0.15) is 27.9 Å². The lowest BCUT2D eigenvalue weighted by Crippen LogP contribution is -2.26. The number of rotatable bonds is 8. The SMILES string of the molecule is Cc1c(O)cccc1C(=O)NCCCOCCc1ccccc1. The second-order valence-corrected chi connectivity index (χ2v) is 5.41. The Labute approximate surface area is 137 Å². The molecule has 0 radical (unpaired) electrons. The number of nitrogens with one attached hydrogen (secondary N) is 1. The van der Waals surface area contributed by atoms with E-state index < -0.39 is 0 Å². The summed E-state index contributed by atoms with van der Waals surface area (Å²) >= 11 is 0. The molecule has 0 heterocycles. The third-order valence-electron chi connectivity index (χ3n) is 3.68. The van der Waals surface area contributed by atoms with Gasteiger partial charge in [0.25, 0.3) is 5.91 Å². The highest BCUT2D eigenvalue weighted by Gasteiger charge is 2.10. The molecular formula is C19H23NO3. The van der Waals surface area contributed by atoms with E-state index in [-0.39, 0.29) is 11.7 Å². The maximum absolute atomic E-state index is 12.0. The molecule has 0 spiro atoms. The van der Waals surface area contributed by atoms with Crippen molar-refractivity contribution in [3.63, 3.8) is 0 Å². The predicted octanol–water partition coefficient (Wildman–Crippen LogP) is 3.08. The second-order valence-electron chi connectivity index (χ2n) is 5.41. The van der Waals surface area contributed by atoms with Crippen LogP contribution in [0.4, 0.5) is 0 Å². The average Bonchev–Trinajstić information content (AvgIpc) is 2.57. The first-order valence-corrected chi connectivity index (χ1v) is 7.87. The number of carbonyl (C=O) groups excluding carboxylic acids is 1. The van der Waals surface area contributed by atoms with Gasteiger partial charge in [-0.3, -0.25) is 4.79 Å². The van der Waals surface area contributed by atoms with Crippen LogP contribution in [0.5, 0.6) is 5.75 Å². The molecule has 0 aromatic heterocycles. The van der Waals surface area contributed by atoms with Crippen molar-refractivity contribution < 1.29 is 14.6 Å². The minimum Gasteiger partial charge on any atom is -0.508 e. The lowest BCUT2D eigenvalue weighted by Gasteiger charge is -2.09. The van der Waals surface area contributed by atoms with Crippen LogP contribution in [0.2, 0.25) is 0 Å². The number of phenols is 1. The lowest BCUT2D eigenvalue weighted by molar-refractivity contribution is 0.0941. The fourth-order valence-electron chi connectivity index (χ4n) is 2.28. The largest absolute Gasteiger partial charge is 0.508 e. The predicted molar refractivity (Wildman–Crippen MR) is 90.8 cm³/mol. The Morgan fingerprint density at radius 3 is 2.65 bits per heavy atom. The number of ether oxygens (including phenoxy) is 1. The molecular weight excluding hydrogens is 290 g/mol. The monoisotopic (exact) mass is 313 g/mol. The number of amides is 1. The molecule has 0 aliphatic carbocycles. The Hall–Kier alpha value is -2.33. The van der Waals surface area contributed by atoms with Crippen LogP contribution in [0.15, 0.2) is 48.5 Å². The van der Waals surface area contributed by atoms with Crippen LogP contribution in [0.25, 0.3) is 0 Å². The molecule has 4 nitrogen and oxygen atoms in total. The van der Waals surface area contributed by atoms with E-state index in [9.17, 15) is 9.90 Å². The summed E-state index contributed by atoms with van der Waals surface area (Å²) in [5.74, 6) is -0.0235. The first-order chi connectivity index (χ1) is 11.2. The molecule has 0 aliphatic rings. The quantitative estimate of drug-likeness (QED) is 0.736. The number of carbonyl (C=O) groups is 1. The zero-order valence-electron chi connectivity index (χ0n) is 13.4. The highest BCUT2D eigenvalue weighted by molar-refractivity contribution is 5.96. The van der Waals surface area contributed by atoms with Crippen LogP contribution < -0.4 is 5.32 Å². The molecule has 0 atom stereocenters. The Balaban J connectivity index is 1.60. The zero-order chi connectivity index (χ0) is 16.5. The standard InChI is InChI=1S/C19H23NO3/c1-15-17(9-5-10-18(15)21)19(22)20-12-6-13-23-14-11-16-7-3-2-4-8-16/h2-5,7-10,21H,6,11-14H2,1H3,(H,20,22). The Morgan fingerprint density at radius 1 is 1.09 bits per heavy atom. The van der Waals surface area contributed by atoms with E-state index in [0.717, 1.165) is 12.8 Å². The third kappa shape index (κ3) is 5.42. The summed E-state index contributed by atoms with van der Waals surface area (Å²) in [6.07, 6.45) is 1.66. The number of benzene rings is 2. The second kappa shape index (κ2) is 8.96. The molecule has 0 fully saturated rings. The topological polar surface area (TPSA) is 58.6 Å².